The van der Waals surface area contributed by atoms with Crippen LogP contribution in [0.1, 0.15) is 12.6 Å². The second-order valence-corrected chi connectivity index (χ2v) is 4.01. The average molecular weight is 301 g/mol. The first-order chi connectivity index (χ1) is 9.52. The summed E-state index contributed by atoms with van der Waals surface area (Å²) in [6, 6.07) is 0. The molecule has 0 aliphatic rings. The lowest BCUT2D eigenvalue weighted by Gasteiger charge is -1.98. The Hall–Kier alpha value is -2.49. The van der Waals surface area contributed by atoms with Gasteiger partial charge in [-0.2, -0.15) is 0 Å². The van der Waals surface area contributed by atoms with Crippen LogP contribution in [0.4, 0.5) is 5.13 Å². The van der Waals surface area contributed by atoms with Crippen LogP contribution in [0.5, 0.6) is 0 Å². The van der Waals surface area contributed by atoms with Crippen LogP contribution in [0.25, 0.3) is 0 Å². The van der Waals surface area contributed by atoms with Crippen LogP contribution in [0.3, 0.4) is 0 Å². The molecule has 20 heavy (non-hydrogen) atoms. The first-order valence-electron chi connectivity index (χ1n) is 5.33. The fraction of sp³-hybridized carbons (Fsp3) is 0.300. The zero-order chi connectivity index (χ0) is 15.0. The topological polar surface area (TPSA) is 127 Å². The Kier molecular flexibility index (Phi) is 6.10. The third-order valence-electron chi connectivity index (χ3n) is 1.68. The summed E-state index contributed by atoms with van der Waals surface area (Å²) in [5, 5.41) is 15.6. The van der Waals surface area contributed by atoms with Gasteiger partial charge >= 0.3 is 17.8 Å². The van der Waals surface area contributed by atoms with Crippen LogP contribution in [-0.4, -0.2) is 47.4 Å². The van der Waals surface area contributed by atoms with Crippen LogP contribution in [0.2, 0.25) is 0 Å². The first kappa shape index (κ1) is 15.6. The van der Waals surface area contributed by atoms with E-state index in [0.29, 0.717) is 5.69 Å². The minimum atomic E-state index is -1.60. The molecule has 0 atom stereocenters. The summed E-state index contributed by atoms with van der Waals surface area (Å²) < 4.78 is 4.61. The van der Waals surface area contributed by atoms with E-state index in [9.17, 15) is 14.4 Å². The fourth-order valence-corrected chi connectivity index (χ4v) is 1.59. The Morgan fingerprint density at radius 2 is 2.30 bits per heavy atom. The minimum absolute atomic E-state index is 0.115. The van der Waals surface area contributed by atoms with Crippen molar-refractivity contribution < 1.29 is 29.1 Å². The fourth-order valence-electron chi connectivity index (χ4n) is 0.937. The average Bonchev–Trinajstić information content (AvgIpc) is 2.82. The van der Waals surface area contributed by atoms with E-state index in [1.54, 1.807) is 6.92 Å². The lowest BCUT2D eigenvalue weighted by atomic mass is 10.5. The number of carbonyl (C=O) groups excluding carboxylic acids is 2. The van der Waals surface area contributed by atoms with E-state index >= 15 is 0 Å². The molecule has 10 heteroatoms. The van der Waals surface area contributed by atoms with E-state index in [0.717, 1.165) is 11.3 Å². The zero-order valence-corrected chi connectivity index (χ0v) is 11.2. The monoisotopic (exact) mass is 301 g/mol. The van der Waals surface area contributed by atoms with Gasteiger partial charge in [0.25, 0.3) is 0 Å². The molecular weight excluding hydrogens is 290 g/mol. The molecule has 1 amide bonds. The van der Waals surface area contributed by atoms with Crippen molar-refractivity contribution in [1.82, 2.24) is 4.98 Å². The molecule has 0 aromatic carbocycles. The normalized spacial score (nSPS) is 10.2. The van der Waals surface area contributed by atoms with Gasteiger partial charge in [0.05, 0.1) is 18.5 Å². The van der Waals surface area contributed by atoms with Crippen molar-refractivity contribution in [3.8, 4) is 0 Å². The molecule has 2 N–H and O–H groups in total. The molecule has 0 saturated carbocycles. The van der Waals surface area contributed by atoms with Crippen LogP contribution in [0, 0.1) is 0 Å². The van der Waals surface area contributed by atoms with Gasteiger partial charge < -0.3 is 14.7 Å². The first-order valence-corrected chi connectivity index (χ1v) is 6.21. The number of hydrogen-bond acceptors (Lipinski definition) is 8. The number of amides is 1. The largest absolute Gasteiger partial charge is 0.474 e. The molecule has 108 valence electrons. The maximum absolute atomic E-state index is 10.9. The zero-order valence-electron chi connectivity index (χ0n) is 10.4. The van der Waals surface area contributed by atoms with Crippen molar-refractivity contribution in [3.63, 3.8) is 0 Å². The number of carboxylic acids is 1. The van der Waals surface area contributed by atoms with Crippen molar-refractivity contribution >= 4 is 40.5 Å². The number of aromatic nitrogens is 1. The van der Waals surface area contributed by atoms with Gasteiger partial charge in [-0.25, -0.2) is 14.6 Å². The molecule has 0 aliphatic heterocycles. The number of thiazole rings is 1. The number of hydrogen-bond donors (Lipinski definition) is 2. The molecule has 9 nitrogen and oxygen atoms in total. The number of nitrogens with zero attached hydrogens (tertiary/aromatic N) is 2. The Morgan fingerprint density at radius 3 is 2.95 bits per heavy atom. The molecule has 1 aromatic rings. The maximum Gasteiger partial charge on any atom is 0.394 e. The second kappa shape index (κ2) is 7.84. The molecule has 1 aromatic heterocycles. The van der Waals surface area contributed by atoms with E-state index in [4.69, 9.17) is 5.11 Å². The molecule has 0 radical (unpaired) electrons. The number of carbonyl (C=O) groups is 3. The highest BCUT2D eigenvalue weighted by molar-refractivity contribution is 7.14. The van der Waals surface area contributed by atoms with Gasteiger partial charge in [0.2, 0.25) is 6.61 Å². The predicted octanol–water partition coefficient (Wildman–Crippen LogP) is 0.0798. The summed E-state index contributed by atoms with van der Waals surface area (Å²) >= 11 is 1.02. The van der Waals surface area contributed by atoms with Gasteiger partial charge in [-0.1, -0.05) is 5.16 Å². The van der Waals surface area contributed by atoms with E-state index < -0.39 is 17.8 Å². The molecule has 1 rings (SSSR count). The third kappa shape index (κ3) is 5.44. The molecular formula is C10H11N3O6S. The summed E-state index contributed by atoms with van der Waals surface area (Å²) in [5.74, 6) is -3.33. The highest BCUT2D eigenvalue weighted by Crippen LogP contribution is 2.13. The number of nitrogens with one attached hydrogen (secondary N) is 1. The van der Waals surface area contributed by atoms with Crippen molar-refractivity contribution in [2.45, 2.75) is 6.92 Å². The minimum Gasteiger partial charge on any atom is -0.474 e. The molecule has 0 aliphatic carbocycles. The lowest BCUT2D eigenvalue weighted by Crippen LogP contribution is -2.21. The van der Waals surface area contributed by atoms with Crippen LogP contribution in [0.15, 0.2) is 10.5 Å². The molecule has 0 saturated heterocycles. The molecule has 0 spiro atoms. The number of rotatable bonds is 6. The highest BCUT2D eigenvalue weighted by Gasteiger charge is 2.12. The van der Waals surface area contributed by atoms with Crippen molar-refractivity contribution in [2.75, 3.05) is 18.5 Å². The van der Waals surface area contributed by atoms with Crippen LogP contribution in [-0.2, 0) is 24.0 Å². The Labute approximate surface area is 117 Å². The molecule has 0 fully saturated rings. The van der Waals surface area contributed by atoms with Crippen molar-refractivity contribution in [3.05, 3.63) is 11.1 Å². The van der Waals surface area contributed by atoms with Crippen LogP contribution >= 0.6 is 11.3 Å². The smallest absolute Gasteiger partial charge is 0.394 e. The molecule has 1 heterocycles. The quantitative estimate of drug-likeness (QED) is 0.329. The number of anilines is 1. The Bertz CT molecular complexity index is 527. The van der Waals surface area contributed by atoms with Gasteiger partial charge in [0.15, 0.2) is 5.13 Å². The summed E-state index contributed by atoms with van der Waals surface area (Å²) in [6.07, 6.45) is 1.21. The van der Waals surface area contributed by atoms with Crippen LogP contribution < -0.4 is 5.32 Å². The van der Waals surface area contributed by atoms with Gasteiger partial charge in [-0.3, -0.25) is 10.1 Å². The van der Waals surface area contributed by atoms with E-state index in [1.165, 1.54) is 11.6 Å². The number of ether oxygens (including phenoxy) is 1. The second-order valence-electron chi connectivity index (χ2n) is 3.15. The number of esters is 1. The molecule has 0 unspecified atom stereocenters. The summed E-state index contributed by atoms with van der Waals surface area (Å²) in [4.78, 5) is 40.6. The van der Waals surface area contributed by atoms with Gasteiger partial charge in [0, 0.05) is 5.38 Å². The van der Waals surface area contributed by atoms with Crippen molar-refractivity contribution in [2.24, 2.45) is 5.16 Å². The van der Waals surface area contributed by atoms with E-state index in [2.05, 4.69) is 25.0 Å². The maximum atomic E-state index is 10.9. The lowest BCUT2D eigenvalue weighted by molar-refractivity contribution is -0.148. The SMILES string of the molecule is CCOC(=O)CO/N=C/c1csc(NC(=O)C(=O)O)n1. The Balaban J connectivity index is 2.42. The van der Waals surface area contributed by atoms with E-state index in [1.807, 2.05) is 0 Å². The third-order valence-corrected chi connectivity index (χ3v) is 2.46. The summed E-state index contributed by atoms with van der Waals surface area (Å²) in [5.41, 5.74) is 0.347. The summed E-state index contributed by atoms with van der Waals surface area (Å²) in [7, 11) is 0. The molecule has 0 bridgehead atoms. The standard InChI is InChI=1S/C10H11N3O6S/c1-2-18-7(14)4-19-11-3-6-5-20-10(12-6)13-8(15)9(16)17/h3,5H,2,4H2,1H3,(H,16,17)(H,12,13,15)/b11-3+. The predicted molar refractivity (Wildman–Crippen MR) is 68.6 cm³/mol. The highest BCUT2D eigenvalue weighted by atomic mass is 32.1. The van der Waals surface area contributed by atoms with Crippen molar-refractivity contribution in [1.29, 1.82) is 0 Å². The van der Waals surface area contributed by atoms with Gasteiger partial charge in [-0.15, -0.1) is 11.3 Å². The number of carboxylic acid groups (broad SMARTS) is 1. The number of aliphatic carboxylic acids is 1. The van der Waals surface area contributed by atoms with E-state index in [-0.39, 0.29) is 18.3 Å². The van der Waals surface area contributed by atoms with Gasteiger partial charge in [0.1, 0.15) is 0 Å². The summed E-state index contributed by atoms with van der Waals surface area (Å²) in [6.45, 7) is 1.60. The number of oxime groups is 1. The Morgan fingerprint density at radius 1 is 1.55 bits per heavy atom. The van der Waals surface area contributed by atoms with Gasteiger partial charge in [-0.05, 0) is 6.92 Å².